The number of carbonyl (C=O) groups excluding carboxylic acids is 1. The molecular formula is C22H30O6. The molecule has 0 bridgehead atoms. The van der Waals surface area contributed by atoms with Crippen LogP contribution in [-0.2, 0) is 19.7 Å². The predicted octanol–water partition coefficient (Wildman–Crippen LogP) is 3.83. The molecular weight excluding hydrogens is 360 g/mol. The summed E-state index contributed by atoms with van der Waals surface area (Å²) in [6.07, 6.45) is 1.32. The first kappa shape index (κ1) is 24.0. The zero-order chi connectivity index (χ0) is 21.4. The summed E-state index contributed by atoms with van der Waals surface area (Å²) in [5.74, 6) is 2.35. The third-order valence-corrected chi connectivity index (χ3v) is 4.45. The number of carbonyl (C=O) groups is 1. The zero-order valence-electron chi connectivity index (χ0n) is 17.3. The number of hydrogen-bond donors (Lipinski definition) is 1. The Kier molecular flexibility index (Phi) is 8.96. The van der Waals surface area contributed by atoms with Gasteiger partial charge in [-0.15, -0.1) is 0 Å². The van der Waals surface area contributed by atoms with Crippen molar-refractivity contribution in [3.8, 4) is 17.6 Å². The third-order valence-electron chi connectivity index (χ3n) is 4.45. The van der Waals surface area contributed by atoms with Crippen LogP contribution in [0.5, 0.6) is 5.75 Å². The normalized spacial score (nSPS) is 15.7. The molecule has 154 valence electrons. The van der Waals surface area contributed by atoms with Gasteiger partial charge in [-0.25, -0.2) is 9.90 Å². The van der Waals surface area contributed by atoms with Crippen LogP contribution in [-0.4, -0.2) is 29.6 Å². The van der Waals surface area contributed by atoms with Crippen LogP contribution >= 0.6 is 0 Å². The van der Waals surface area contributed by atoms with Crippen LogP contribution in [0, 0.1) is 17.8 Å². The maximum Gasteiger partial charge on any atom is 0.388 e. The maximum atomic E-state index is 12.0. The molecule has 0 spiro atoms. The molecule has 1 N–H and O–H groups in total. The van der Waals surface area contributed by atoms with Gasteiger partial charge in [0.25, 0.3) is 0 Å². The molecule has 1 aromatic carbocycles. The molecule has 0 aliphatic carbocycles. The molecule has 6 heteroatoms. The number of benzene rings is 1. The first-order chi connectivity index (χ1) is 13.0. The third kappa shape index (κ3) is 7.16. The Morgan fingerprint density at radius 3 is 2.29 bits per heavy atom. The van der Waals surface area contributed by atoms with Gasteiger partial charge >= 0.3 is 5.97 Å². The van der Waals surface area contributed by atoms with Crippen LogP contribution < -0.4 is 4.74 Å². The van der Waals surface area contributed by atoms with Gasteiger partial charge in [0.15, 0.2) is 11.4 Å². The highest BCUT2D eigenvalue weighted by Gasteiger charge is 2.47. The second-order valence-corrected chi connectivity index (χ2v) is 7.41. The highest BCUT2D eigenvalue weighted by Crippen LogP contribution is 2.31. The number of hydrogen-bond acceptors (Lipinski definition) is 4. The molecule has 28 heavy (non-hydrogen) atoms. The Hall–Kier alpha value is -2.07. The average Bonchev–Trinajstić information content (AvgIpc) is 2.62. The molecule has 0 amide bonds. The highest BCUT2D eigenvalue weighted by atomic mass is 16.6. The number of aliphatic hydroxyl groups excluding tert-OH is 1. The average molecular weight is 390 g/mol. The van der Waals surface area contributed by atoms with Gasteiger partial charge in [0, 0.05) is 6.42 Å². The summed E-state index contributed by atoms with van der Waals surface area (Å²) in [7, 11) is 1.56. The van der Waals surface area contributed by atoms with E-state index in [1.165, 1.54) is 20.8 Å². The van der Waals surface area contributed by atoms with E-state index in [0.29, 0.717) is 17.7 Å². The monoisotopic (exact) mass is 390 g/mol. The fourth-order valence-electron chi connectivity index (χ4n) is 2.88. The summed E-state index contributed by atoms with van der Waals surface area (Å²) >= 11 is 0. The second-order valence-electron chi connectivity index (χ2n) is 7.41. The van der Waals surface area contributed by atoms with Crippen molar-refractivity contribution in [1.29, 1.82) is 0 Å². The van der Waals surface area contributed by atoms with Crippen molar-refractivity contribution in [2.75, 3.05) is 7.11 Å². The molecule has 2 radical (unpaired) electrons. The standard InChI is InChI=1S/C22H30O6/c1-6-7-9-17(22(4,20(24)25)28-21(2,3)26)10-8-11-19(23)16-12-14-18(27-5)15-13-16/h12-15,17,19,23H,6-7,9,11H2,1-5H3/t17?,19?,22-/m0/s1. The smallest absolute Gasteiger partial charge is 0.388 e. The van der Waals surface area contributed by atoms with Gasteiger partial charge in [-0.05, 0) is 44.9 Å². The summed E-state index contributed by atoms with van der Waals surface area (Å²) in [6, 6.07) is 6.98. The van der Waals surface area contributed by atoms with Gasteiger partial charge < -0.3 is 14.6 Å². The van der Waals surface area contributed by atoms with E-state index in [1.54, 1.807) is 31.4 Å². The van der Waals surface area contributed by atoms with Crippen LogP contribution in [0.25, 0.3) is 0 Å². The number of rotatable bonds is 10. The first-order valence-electron chi connectivity index (χ1n) is 9.46. The number of unbranched alkanes of at least 4 members (excludes halogenated alkanes) is 1. The van der Waals surface area contributed by atoms with Gasteiger partial charge in [-0.3, -0.25) is 0 Å². The van der Waals surface area contributed by atoms with Crippen molar-refractivity contribution in [2.45, 2.75) is 70.9 Å². The topological polar surface area (TPSA) is 95.6 Å². The molecule has 0 saturated carbocycles. The van der Waals surface area contributed by atoms with E-state index in [4.69, 9.17) is 9.47 Å². The van der Waals surface area contributed by atoms with Crippen molar-refractivity contribution in [2.24, 2.45) is 5.92 Å². The van der Waals surface area contributed by atoms with E-state index >= 15 is 0 Å². The van der Waals surface area contributed by atoms with E-state index in [2.05, 4.69) is 11.8 Å². The highest BCUT2D eigenvalue weighted by molar-refractivity contribution is 5.77. The fraction of sp³-hybridized carbons (Fsp3) is 0.591. The van der Waals surface area contributed by atoms with Crippen molar-refractivity contribution in [1.82, 2.24) is 0 Å². The minimum absolute atomic E-state index is 0.124. The largest absolute Gasteiger partial charge is 0.497 e. The van der Waals surface area contributed by atoms with Crippen molar-refractivity contribution >= 4 is 5.97 Å². The van der Waals surface area contributed by atoms with E-state index in [-0.39, 0.29) is 6.42 Å². The number of ether oxygens (including phenoxy) is 2. The van der Waals surface area contributed by atoms with Crippen molar-refractivity contribution < 1.29 is 29.6 Å². The summed E-state index contributed by atoms with van der Waals surface area (Å²) in [5, 5.41) is 34.1. The Bertz CT molecular complexity index is 680. The second kappa shape index (κ2) is 10.5. The molecule has 0 aromatic heterocycles. The van der Waals surface area contributed by atoms with Gasteiger partial charge in [0.1, 0.15) is 5.75 Å². The lowest BCUT2D eigenvalue weighted by Crippen LogP contribution is -2.49. The molecule has 0 aliphatic rings. The van der Waals surface area contributed by atoms with Crippen molar-refractivity contribution in [3.05, 3.63) is 29.8 Å². The van der Waals surface area contributed by atoms with E-state index in [1.807, 2.05) is 6.92 Å². The first-order valence-corrected chi connectivity index (χ1v) is 9.46. The van der Waals surface area contributed by atoms with Gasteiger partial charge in [0.2, 0.25) is 0 Å². The Balaban J connectivity index is 2.99. The van der Waals surface area contributed by atoms with E-state index in [9.17, 15) is 20.1 Å². The Labute approximate surface area is 167 Å². The van der Waals surface area contributed by atoms with Crippen LogP contribution in [0.3, 0.4) is 0 Å². The van der Waals surface area contributed by atoms with Gasteiger partial charge in [-0.2, -0.15) is 5.11 Å². The van der Waals surface area contributed by atoms with Crippen LogP contribution in [0.4, 0.5) is 0 Å². The maximum absolute atomic E-state index is 12.0. The lowest BCUT2D eigenvalue weighted by atomic mass is 9.84. The lowest BCUT2D eigenvalue weighted by molar-refractivity contribution is -0.279. The van der Waals surface area contributed by atoms with Crippen LogP contribution in [0.2, 0.25) is 0 Å². The quantitative estimate of drug-likeness (QED) is 0.485. The molecule has 1 rings (SSSR count). The van der Waals surface area contributed by atoms with Gasteiger partial charge in [0.05, 0.1) is 19.1 Å². The summed E-state index contributed by atoms with van der Waals surface area (Å²) in [6.45, 7) is 5.82. The fourth-order valence-corrected chi connectivity index (χ4v) is 2.88. The van der Waals surface area contributed by atoms with Crippen LogP contribution in [0.1, 0.15) is 65.0 Å². The van der Waals surface area contributed by atoms with Crippen molar-refractivity contribution in [3.63, 3.8) is 0 Å². The number of aliphatic hydroxyl groups is 1. The Morgan fingerprint density at radius 1 is 1.21 bits per heavy atom. The minimum Gasteiger partial charge on any atom is -0.497 e. The molecule has 1 aromatic rings. The molecule has 0 fully saturated rings. The van der Waals surface area contributed by atoms with E-state index < -0.39 is 29.4 Å². The zero-order valence-corrected chi connectivity index (χ0v) is 17.3. The number of methoxy groups -OCH3 is 1. The molecule has 0 saturated heterocycles. The molecule has 0 aliphatic heterocycles. The Morgan fingerprint density at radius 2 is 1.82 bits per heavy atom. The molecule has 0 heterocycles. The van der Waals surface area contributed by atoms with Crippen LogP contribution in [0.15, 0.2) is 24.3 Å². The lowest BCUT2D eigenvalue weighted by Gasteiger charge is -2.34. The van der Waals surface area contributed by atoms with E-state index in [0.717, 1.165) is 12.8 Å². The molecule has 3 atom stereocenters. The minimum atomic E-state index is -1.90. The predicted molar refractivity (Wildman–Crippen MR) is 103 cm³/mol. The SMILES string of the molecule is CCCCC(C#CCC(O)c1ccc(OC)cc1)[C@](C)(OC(C)(C)[O])C([O])=O. The van der Waals surface area contributed by atoms with Gasteiger partial charge in [-0.1, -0.05) is 43.7 Å². The summed E-state index contributed by atoms with van der Waals surface area (Å²) in [5.41, 5.74) is -1.15. The molecule has 2 unspecified atom stereocenters. The summed E-state index contributed by atoms with van der Waals surface area (Å²) in [4.78, 5) is 11.8. The molecule has 6 nitrogen and oxygen atoms in total. The summed E-state index contributed by atoms with van der Waals surface area (Å²) < 4.78 is 10.4.